The van der Waals surface area contributed by atoms with Crippen molar-refractivity contribution in [3.63, 3.8) is 0 Å². The summed E-state index contributed by atoms with van der Waals surface area (Å²) in [5, 5.41) is 0. The van der Waals surface area contributed by atoms with Gasteiger partial charge in [0.05, 0.1) is 11.1 Å². The van der Waals surface area contributed by atoms with Crippen LogP contribution in [0.2, 0.25) is 0 Å². The van der Waals surface area contributed by atoms with E-state index in [1.165, 1.54) is 12.1 Å². The Kier molecular flexibility index (Phi) is 6.92. The molecule has 6 nitrogen and oxygen atoms in total. The second-order valence-corrected chi connectivity index (χ2v) is 7.37. The predicted molar refractivity (Wildman–Crippen MR) is 117 cm³/mol. The van der Waals surface area contributed by atoms with Crippen LogP contribution in [0.1, 0.15) is 41.0 Å². The molecule has 2 aromatic carbocycles. The molecule has 30 heavy (non-hydrogen) atoms. The fraction of sp³-hybridized carbons (Fsp3) is 0.391. The molecule has 1 heterocycles. The number of hydrogen-bond donors (Lipinski definition) is 1. The third kappa shape index (κ3) is 4.56. The van der Waals surface area contributed by atoms with E-state index in [1.54, 1.807) is 34.1 Å². The summed E-state index contributed by atoms with van der Waals surface area (Å²) in [6.07, 6.45) is 0.726. The van der Waals surface area contributed by atoms with Gasteiger partial charge in [0.15, 0.2) is 0 Å². The van der Waals surface area contributed by atoms with Gasteiger partial charge >= 0.3 is 0 Å². The molecule has 0 spiro atoms. The van der Waals surface area contributed by atoms with E-state index in [1.807, 2.05) is 19.9 Å². The fourth-order valence-electron chi connectivity index (χ4n) is 3.85. The second-order valence-electron chi connectivity index (χ2n) is 7.37. The lowest BCUT2D eigenvalue weighted by Gasteiger charge is -2.28. The Bertz CT molecular complexity index is 914. The Labute approximate surface area is 177 Å². The van der Waals surface area contributed by atoms with Crippen molar-refractivity contribution < 1.29 is 14.0 Å². The number of nitrogens with zero attached hydrogens (tertiary/aromatic N) is 3. The summed E-state index contributed by atoms with van der Waals surface area (Å²) >= 11 is 0. The zero-order valence-electron chi connectivity index (χ0n) is 17.6. The molecule has 1 aliphatic rings. The lowest BCUT2D eigenvalue weighted by Crippen LogP contribution is -2.36. The second kappa shape index (κ2) is 9.61. The molecule has 1 fully saturated rings. The Balaban J connectivity index is 1.81. The first-order valence-corrected chi connectivity index (χ1v) is 10.4. The smallest absolute Gasteiger partial charge is 0.256 e. The van der Waals surface area contributed by atoms with Crippen LogP contribution in [0.25, 0.3) is 0 Å². The monoisotopic (exact) mass is 412 g/mol. The average molecular weight is 413 g/mol. The number of rotatable bonds is 5. The largest absolute Gasteiger partial charge is 0.399 e. The van der Waals surface area contributed by atoms with Gasteiger partial charge in [-0.1, -0.05) is 12.1 Å². The molecule has 0 aliphatic carbocycles. The topological polar surface area (TPSA) is 69.9 Å². The molecule has 1 saturated heterocycles. The lowest BCUT2D eigenvalue weighted by atomic mass is 10.1. The van der Waals surface area contributed by atoms with Crippen LogP contribution in [0.3, 0.4) is 0 Å². The highest BCUT2D eigenvalue weighted by atomic mass is 19.1. The molecule has 0 unspecified atom stereocenters. The molecular formula is C23H29FN4O2. The Hall–Kier alpha value is -3.09. The first-order valence-electron chi connectivity index (χ1n) is 10.4. The Morgan fingerprint density at radius 2 is 1.73 bits per heavy atom. The fourth-order valence-corrected chi connectivity index (χ4v) is 3.85. The Morgan fingerprint density at radius 1 is 1.00 bits per heavy atom. The minimum atomic E-state index is -0.505. The molecule has 2 amide bonds. The first kappa shape index (κ1) is 21.6. The van der Waals surface area contributed by atoms with Crippen LogP contribution in [-0.2, 0) is 0 Å². The van der Waals surface area contributed by atoms with Crippen molar-refractivity contribution in [3.8, 4) is 0 Å². The highest BCUT2D eigenvalue weighted by Crippen LogP contribution is 2.26. The highest BCUT2D eigenvalue weighted by molar-refractivity contribution is 6.01. The van der Waals surface area contributed by atoms with Crippen LogP contribution in [0.15, 0.2) is 42.5 Å². The van der Waals surface area contributed by atoms with E-state index in [-0.39, 0.29) is 17.4 Å². The van der Waals surface area contributed by atoms with Gasteiger partial charge in [-0.2, -0.15) is 0 Å². The van der Waals surface area contributed by atoms with Gasteiger partial charge in [-0.25, -0.2) is 4.39 Å². The standard InChI is InChI=1S/C23H29FN4O2/c1-3-26(4-2)23(30)19-16-17(25)10-11-21(19)27-12-7-13-28(15-14-27)22(29)18-8-5-6-9-20(18)24/h5-6,8-11,16H,3-4,7,12-15,25H2,1-2H3. The zero-order chi connectivity index (χ0) is 21.7. The van der Waals surface area contributed by atoms with Gasteiger partial charge in [0.2, 0.25) is 0 Å². The molecule has 7 heteroatoms. The minimum absolute atomic E-state index is 0.0502. The van der Waals surface area contributed by atoms with Crippen molar-refractivity contribution in [2.75, 3.05) is 49.9 Å². The van der Waals surface area contributed by atoms with Gasteiger partial charge in [-0.3, -0.25) is 9.59 Å². The lowest BCUT2D eigenvalue weighted by molar-refractivity contribution is 0.0757. The molecular weight excluding hydrogens is 383 g/mol. The van der Waals surface area contributed by atoms with Crippen molar-refractivity contribution in [2.45, 2.75) is 20.3 Å². The van der Waals surface area contributed by atoms with Crippen LogP contribution < -0.4 is 10.6 Å². The van der Waals surface area contributed by atoms with E-state index in [0.29, 0.717) is 50.5 Å². The number of anilines is 2. The predicted octanol–water partition coefficient (Wildman–Crippen LogP) is 3.24. The van der Waals surface area contributed by atoms with Gasteiger partial charge in [0.25, 0.3) is 11.8 Å². The van der Waals surface area contributed by atoms with Gasteiger partial charge in [-0.15, -0.1) is 0 Å². The van der Waals surface area contributed by atoms with Crippen LogP contribution in [0, 0.1) is 5.82 Å². The maximum atomic E-state index is 14.0. The molecule has 1 aliphatic heterocycles. The molecule has 160 valence electrons. The van der Waals surface area contributed by atoms with Crippen molar-refractivity contribution in [1.82, 2.24) is 9.80 Å². The van der Waals surface area contributed by atoms with Crippen molar-refractivity contribution in [3.05, 3.63) is 59.4 Å². The number of halogens is 1. The number of hydrogen-bond acceptors (Lipinski definition) is 4. The van der Waals surface area contributed by atoms with E-state index >= 15 is 0 Å². The van der Waals surface area contributed by atoms with Crippen molar-refractivity contribution in [2.24, 2.45) is 0 Å². The summed E-state index contributed by atoms with van der Waals surface area (Å²) in [6, 6.07) is 11.5. The van der Waals surface area contributed by atoms with Crippen LogP contribution >= 0.6 is 0 Å². The van der Waals surface area contributed by atoms with E-state index in [0.717, 1.165) is 12.1 Å². The Morgan fingerprint density at radius 3 is 2.43 bits per heavy atom. The van der Waals surface area contributed by atoms with E-state index in [4.69, 9.17) is 5.73 Å². The summed E-state index contributed by atoms with van der Waals surface area (Å²) in [6.45, 7) is 7.39. The van der Waals surface area contributed by atoms with Gasteiger partial charge < -0.3 is 20.4 Å². The van der Waals surface area contributed by atoms with Crippen LogP contribution in [0.4, 0.5) is 15.8 Å². The maximum absolute atomic E-state index is 14.0. The molecule has 0 aromatic heterocycles. The molecule has 2 N–H and O–H groups in total. The number of benzene rings is 2. The maximum Gasteiger partial charge on any atom is 0.256 e. The zero-order valence-corrected chi connectivity index (χ0v) is 17.6. The van der Waals surface area contributed by atoms with Crippen LogP contribution in [0.5, 0.6) is 0 Å². The van der Waals surface area contributed by atoms with Crippen LogP contribution in [-0.4, -0.2) is 60.9 Å². The first-order chi connectivity index (χ1) is 14.5. The van der Waals surface area contributed by atoms with Gasteiger partial charge in [0, 0.05) is 50.6 Å². The van der Waals surface area contributed by atoms with Gasteiger partial charge in [-0.05, 0) is 50.6 Å². The number of carbonyl (C=O) groups is 2. The summed E-state index contributed by atoms with van der Waals surface area (Å²) in [5.74, 6) is -0.855. The normalized spacial score (nSPS) is 14.4. The number of nitrogens with two attached hydrogens (primary N) is 1. The summed E-state index contributed by atoms with van der Waals surface area (Å²) in [4.78, 5) is 31.4. The third-order valence-electron chi connectivity index (χ3n) is 5.53. The SMILES string of the molecule is CCN(CC)C(=O)c1cc(N)ccc1N1CCCN(C(=O)c2ccccc2F)CC1. The van der Waals surface area contributed by atoms with E-state index < -0.39 is 5.82 Å². The average Bonchev–Trinajstić information content (AvgIpc) is 3.00. The molecule has 0 atom stereocenters. The minimum Gasteiger partial charge on any atom is -0.399 e. The molecule has 3 rings (SSSR count). The van der Waals surface area contributed by atoms with Crippen molar-refractivity contribution >= 4 is 23.2 Å². The van der Waals surface area contributed by atoms with E-state index in [2.05, 4.69) is 4.90 Å². The number of carbonyl (C=O) groups excluding carboxylic acids is 2. The molecule has 2 aromatic rings. The highest BCUT2D eigenvalue weighted by Gasteiger charge is 2.25. The summed E-state index contributed by atoms with van der Waals surface area (Å²) < 4.78 is 14.0. The molecule has 0 radical (unpaired) electrons. The quantitative estimate of drug-likeness (QED) is 0.766. The summed E-state index contributed by atoms with van der Waals surface area (Å²) in [7, 11) is 0. The molecule has 0 bridgehead atoms. The van der Waals surface area contributed by atoms with Gasteiger partial charge in [0.1, 0.15) is 5.82 Å². The third-order valence-corrected chi connectivity index (χ3v) is 5.53. The molecule has 0 saturated carbocycles. The number of amides is 2. The summed E-state index contributed by atoms with van der Waals surface area (Å²) in [5.41, 5.74) is 8.00. The van der Waals surface area contributed by atoms with Crippen molar-refractivity contribution in [1.29, 1.82) is 0 Å². The van der Waals surface area contributed by atoms with E-state index in [9.17, 15) is 14.0 Å². The number of nitrogen functional groups attached to an aromatic ring is 1.